The molecule has 0 radical (unpaired) electrons. The van der Waals surface area contributed by atoms with Gasteiger partial charge in [0.1, 0.15) is 5.75 Å². The van der Waals surface area contributed by atoms with Crippen molar-refractivity contribution in [2.24, 2.45) is 5.84 Å². The van der Waals surface area contributed by atoms with Crippen LogP contribution in [0.4, 0.5) is 0 Å². The lowest BCUT2D eigenvalue weighted by molar-refractivity contribution is -0.131. The Hall–Kier alpha value is -2.57. The molecule has 6 heteroatoms. The molecule has 2 aromatic rings. The number of rotatable bonds is 7. The average Bonchev–Trinajstić information content (AvgIpc) is 3.08. The number of nitrogens with one attached hydrogen (secondary N) is 1. The summed E-state index contributed by atoms with van der Waals surface area (Å²) in [5.74, 6) is 6.24. The van der Waals surface area contributed by atoms with Crippen molar-refractivity contribution in [1.29, 1.82) is 0 Å². The largest absolute Gasteiger partial charge is 0.484 e. The van der Waals surface area contributed by atoms with E-state index in [1.54, 1.807) is 16.2 Å². The number of nitrogens with two attached hydrogens (primary N) is 1. The lowest BCUT2D eigenvalue weighted by atomic mass is 10.2. The van der Waals surface area contributed by atoms with Crippen LogP contribution in [0.15, 0.2) is 65.3 Å². The Morgan fingerprint density at radius 2 is 2.11 bits per heavy atom. The normalized spacial score (nSPS) is 14.0. The molecule has 5 nitrogen and oxygen atoms in total. The van der Waals surface area contributed by atoms with E-state index >= 15 is 0 Å². The van der Waals surface area contributed by atoms with Crippen molar-refractivity contribution >= 4 is 17.2 Å². The Labute approximate surface area is 164 Å². The maximum Gasteiger partial charge on any atom is 0.265 e. The van der Waals surface area contributed by atoms with Crippen LogP contribution in [0.25, 0.3) is 0 Å². The molecule has 0 spiro atoms. The highest BCUT2D eigenvalue weighted by atomic mass is 32.1. The van der Waals surface area contributed by atoms with Gasteiger partial charge in [0.05, 0.1) is 6.54 Å². The van der Waals surface area contributed by atoms with Gasteiger partial charge in [-0.25, -0.2) is 0 Å². The Bertz CT molecular complexity index is 810. The fraction of sp³-hybridized carbons (Fsp3) is 0.286. The second kappa shape index (κ2) is 9.39. The first kappa shape index (κ1) is 19.2. The topological polar surface area (TPSA) is 67.6 Å². The van der Waals surface area contributed by atoms with Crippen LogP contribution in [0.2, 0.25) is 0 Å². The third kappa shape index (κ3) is 5.45. The molecule has 0 bridgehead atoms. The Kier molecular flexibility index (Phi) is 6.68. The van der Waals surface area contributed by atoms with Crippen molar-refractivity contribution in [3.8, 4) is 5.75 Å². The van der Waals surface area contributed by atoms with Crippen molar-refractivity contribution in [3.63, 3.8) is 0 Å². The second-order valence-electron chi connectivity index (χ2n) is 6.50. The minimum atomic E-state index is -0.0789. The van der Waals surface area contributed by atoms with E-state index < -0.39 is 0 Å². The molecular formula is C21H25N3O2S. The molecule has 0 fully saturated rings. The first-order chi connectivity index (χ1) is 13.2. The Morgan fingerprint density at radius 3 is 2.81 bits per heavy atom. The number of hydrogen-bond donors (Lipinski definition) is 2. The van der Waals surface area contributed by atoms with E-state index in [0.717, 1.165) is 41.1 Å². The van der Waals surface area contributed by atoms with Gasteiger partial charge in [0.2, 0.25) is 0 Å². The van der Waals surface area contributed by atoms with E-state index in [1.807, 2.05) is 54.8 Å². The van der Waals surface area contributed by atoms with Gasteiger partial charge < -0.3 is 15.1 Å². The molecule has 0 aliphatic heterocycles. The molecule has 1 aromatic carbocycles. The van der Waals surface area contributed by atoms with Gasteiger partial charge in [-0.15, -0.1) is 11.3 Å². The average molecular weight is 384 g/mol. The predicted molar refractivity (Wildman–Crippen MR) is 109 cm³/mol. The van der Waals surface area contributed by atoms with Crippen LogP contribution in [0.5, 0.6) is 5.75 Å². The summed E-state index contributed by atoms with van der Waals surface area (Å²) in [7, 11) is 0. The Balaban J connectivity index is 1.77. The van der Waals surface area contributed by atoms with E-state index in [0.29, 0.717) is 12.3 Å². The van der Waals surface area contributed by atoms with Crippen LogP contribution < -0.4 is 16.0 Å². The molecule has 3 rings (SSSR count). The number of allylic oxidation sites excluding steroid dienone is 3. The van der Waals surface area contributed by atoms with Crippen LogP contribution in [0.3, 0.4) is 0 Å². The zero-order valence-electron chi connectivity index (χ0n) is 15.5. The van der Waals surface area contributed by atoms with Crippen LogP contribution in [-0.4, -0.2) is 17.4 Å². The number of thiophene rings is 1. The number of carbonyl (C=O) groups excluding carboxylic acids is 1. The minimum Gasteiger partial charge on any atom is -0.484 e. The number of hydrogen-bond acceptors (Lipinski definition) is 5. The van der Waals surface area contributed by atoms with Gasteiger partial charge in [-0.1, -0.05) is 29.8 Å². The summed E-state index contributed by atoms with van der Waals surface area (Å²) in [6, 6.07) is 11.7. The lowest BCUT2D eigenvalue weighted by Gasteiger charge is -2.24. The third-order valence-corrected chi connectivity index (χ3v) is 5.26. The highest BCUT2D eigenvalue weighted by molar-refractivity contribution is 7.09. The van der Waals surface area contributed by atoms with Crippen LogP contribution in [0.1, 0.15) is 29.7 Å². The summed E-state index contributed by atoms with van der Waals surface area (Å²) < 4.78 is 5.72. The van der Waals surface area contributed by atoms with Crippen molar-refractivity contribution in [3.05, 3.63) is 75.8 Å². The summed E-state index contributed by atoms with van der Waals surface area (Å²) in [5.41, 5.74) is 5.70. The van der Waals surface area contributed by atoms with E-state index in [9.17, 15) is 4.79 Å². The van der Waals surface area contributed by atoms with E-state index in [1.165, 1.54) is 0 Å². The summed E-state index contributed by atoms with van der Waals surface area (Å²) in [5, 5.41) is 2.02. The molecule has 1 aromatic heterocycles. The van der Waals surface area contributed by atoms with Crippen molar-refractivity contribution < 1.29 is 9.53 Å². The molecule has 27 heavy (non-hydrogen) atoms. The number of nitrogens with zero attached hydrogens (tertiary/aromatic N) is 1. The molecule has 0 saturated carbocycles. The number of hydrazine groups is 1. The summed E-state index contributed by atoms with van der Waals surface area (Å²) >= 11 is 1.64. The highest BCUT2D eigenvalue weighted by Crippen LogP contribution is 2.22. The molecule has 0 atom stereocenters. The first-order valence-electron chi connectivity index (χ1n) is 9.05. The van der Waals surface area contributed by atoms with Gasteiger partial charge >= 0.3 is 0 Å². The van der Waals surface area contributed by atoms with E-state index in [4.69, 9.17) is 10.6 Å². The monoisotopic (exact) mass is 383 g/mol. The van der Waals surface area contributed by atoms with Gasteiger partial charge in [0, 0.05) is 16.3 Å². The molecule has 142 valence electrons. The molecule has 3 N–H and O–H groups in total. The van der Waals surface area contributed by atoms with Crippen LogP contribution in [0, 0.1) is 6.92 Å². The second-order valence-corrected chi connectivity index (χ2v) is 7.53. The Morgan fingerprint density at radius 1 is 1.30 bits per heavy atom. The van der Waals surface area contributed by atoms with Crippen molar-refractivity contribution in [2.45, 2.75) is 32.7 Å². The standard InChI is InChI=1S/C21H25N3O2S/c1-16-8-10-19(11-9-16)26-15-21(25)24(14-20-7-4-12-27-20)18-6-3-2-5-17(13-18)23-22/h4,6-13,23H,2-3,5,14-15,22H2,1H3. The summed E-state index contributed by atoms with van der Waals surface area (Å²) in [4.78, 5) is 15.9. The maximum absolute atomic E-state index is 13.0. The van der Waals surface area contributed by atoms with Crippen LogP contribution >= 0.6 is 11.3 Å². The highest BCUT2D eigenvalue weighted by Gasteiger charge is 2.20. The number of ether oxygens (including phenoxy) is 1. The van der Waals surface area contributed by atoms with Crippen molar-refractivity contribution in [2.75, 3.05) is 6.61 Å². The SMILES string of the molecule is Cc1ccc(OCC(=O)N(Cc2cccs2)C2=CCCCC(NN)=C2)cc1. The maximum atomic E-state index is 13.0. The molecule has 1 heterocycles. The quantitative estimate of drug-likeness (QED) is 0.562. The zero-order valence-corrected chi connectivity index (χ0v) is 16.3. The zero-order chi connectivity index (χ0) is 19.1. The van der Waals surface area contributed by atoms with Gasteiger partial charge in [-0.2, -0.15) is 0 Å². The van der Waals surface area contributed by atoms with Crippen LogP contribution in [-0.2, 0) is 11.3 Å². The number of amides is 1. The van der Waals surface area contributed by atoms with Gasteiger partial charge in [0.25, 0.3) is 5.91 Å². The fourth-order valence-electron chi connectivity index (χ4n) is 2.89. The van der Waals surface area contributed by atoms with Gasteiger partial charge in [-0.05, 0) is 55.8 Å². The smallest absolute Gasteiger partial charge is 0.265 e. The molecule has 0 saturated heterocycles. The number of aryl methyl sites for hydroxylation is 1. The van der Waals surface area contributed by atoms with Crippen molar-refractivity contribution in [1.82, 2.24) is 10.3 Å². The molecule has 1 amide bonds. The predicted octanol–water partition coefficient (Wildman–Crippen LogP) is 3.88. The number of benzene rings is 1. The molecule has 0 unspecified atom stereocenters. The molecule has 1 aliphatic rings. The first-order valence-corrected chi connectivity index (χ1v) is 9.93. The van der Waals surface area contributed by atoms with Gasteiger partial charge in [0.15, 0.2) is 6.61 Å². The van der Waals surface area contributed by atoms with E-state index in [-0.39, 0.29) is 12.5 Å². The minimum absolute atomic E-state index is 0.00893. The summed E-state index contributed by atoms with van der Waals surface area (Å²) in [6.45, 7) is 2.53. The summed E-state index contributed by atoms with van der Waals surface area (Å²) in [6.07, 6.45) is 6.84. The molecular weight excluding hydrogens is 358 g/mol. The molecule has 1 aliphatic carbocycles. The lowest BCUT2D eigenvalue weighted by Crippen LogP contribution is -2.33. The number of carbonyl (C=O) groups is 1. The van der Waals surface area contributed by atoms with Gasteiger partial charge in [-0.3, -0.25) is 10.6 Å². The third-order valence-electron chi connectivity index (χ3n) is 4.40. The fourth-order valence-corrected chi connectivity index (χ4v) is 3.59. The van der Waals surface area contributed by atoms with E-state index in [2.05, 4.69) is 11.5 Å².